The average Bonchev–Trinajstić information content (AvgIpc) is 2.29. The Hall–Kier alpha value is -0.653. The van der Waals surface area contributed by atoms with E-state index < -0.39 is 6.29 Å². The van der Waals surface area contributed by atoms with Gasteiger partial charge in [0.25, 0.3) is 0 Å². The largest absolute Gasteiger partial charge is 0.464 e. The topological polar surface area (TPSA) is 44.8 Å². The van der Waals surface area contributed by atoms with E-state index >= 15 is 0 Å². The summed E-state index contributed by atoms with van der Waals surface area (Å²) in [7, 11) is 0.839. The minimum absolute atomic E-state index is 0.0527. The van der Waals surface area contributed by atoms with Crippen LogP contribution in [0, 0.1) is 0 Å². The molecular weight excluding hydrogens is 236 g/mol. The summed E-state index contributed by atoms with van der Waals surface area (Å²) in [5.74, 6) is -0.337. The first-order valence-electron chi connectivity index (χ1n) is 6.16. The molecule has 0 saturated carbocycles. The van der Waals surface area contributed by atoms with E-state index in [1.54, 1.807) is 0 Å². The lowest BCUT2D eigenvalue weighted by Gasteiger charge is -2.18. The zero-order valence-electron chi connectivity index (χ0n) is 11.3. The first-order valence-corrected chi connectivity index (χ1v) is 7.32. The van der Waals surface area contributed by atoms with Crippen molar-refractivity contribution in [1.29, 1.82) is 0 Å². The quantitative estimate of drug-likeness (QED) is 0.268. The Morgan fingerprint density at radius 2 is 1.76 bits per heavy atom. The molecule has 100 valence electrons. The molecule has 17 heavy (non-hydrogen) atoms. The van der Waals surface area contributed by atoms with Crippen LogP contribution in [0.15, 0.2) is 12.2 Å². The van der Waals surface area contributed by atoms with Crippen molar-refractivity contribution in [1.82, 2.24) is 0 Å². The summed E-state index contributed by atoms with van der Waals surface area (Å²) in [5.41, 5.74) is 0.461. The van der Waals surface area contributed by atoms with Crippen LogP contribution in [0.3, 0.4) is 0 Å². The third-order valence-electron chi connectivity index (χ3n) is 2.29. The minimum Gasteiger partial charge on any atom is -0.464 e. The molecular formula is C12H24O4Si. The van der Waals surface area contributed by atoms with Crippen molar-refractivity contribution in [2.24, 2.45) is 0 Å². The van der Waals surface area contributed by atoms with Gasteiger partial charge in [0.15, 0.2) is 6.29 Å². The van der Waals surface area contributed by atoms with E-state index in [9.17, 15) is 4.79 Å². The smallest absolute Gasteiger partial charge is 0.333 e. The van der Waals surface area contributed by atoms with Gasteiger partial charge in [-0.25, -0.2) is 4.79 Å². The number of hydrogen-bond donors (Lipinski definition) is 0. The Morgan fingerprint density at radius 1 is 1.24 bits per heavy atom. The third-order valence-corrected chi connectivity index (χ3v) is 3.34. The van der Waals surface area contributed by atoms with E-state index in [0.29, 0.717) is 25.2 Å². The Labute approximate surface area is 107 Å². The number of carbonyl (C=O) groups is 1. The number of rotatable bonds is 9. The lowest BCUT2D eigenvalue weighted by molar-refractivity contribution is -0.148. The van der Waals surface area contributed by atoms with Crippen molar-refractivity contribution in [2.75, 3.05) is 13.2 Å². The van der Waals surface area contributed by atoms with Gasteiger partial charge < -0.3 is 14.2 Å². The second-order valence-corrected chi connectivity index (χ2v) is 5.06. The van der Waals surface area contributed by atoms with Crippen LogP contribution in [0.4, 0.5) is 0 Å². The molecule has 4 nitrogen and oxygen atoms in total. The molecule has 0 heterocycles. The summed E-state index contributed by atoms with van der Waals surface area (Å²) in [6.07, 6.45) is 0.809. The van der Waals surface area contributed by atoms with E-state index in [4.69, 9.17) is 14.2 Å². The van der Waals surface area contributed by atoms with E-state index in [-0.39, 0.29) is 11.7 Å². The van der Waals surface area contributed by atoms with Crippen LogP contribution in [-0.4, -0.2) is 41.4 Å². The summed E-state index contributed by atoms with van der Waals surface area (Å²) in [5, 5.41) is 0. The highest BCUT2D eigenvalue weighted by molar-refractivity contribution is 6.12. The number of ether oxygens (including phenoxy) is 3. The highest BCUT2D eigenvalue weighted by atomic mass is 28.1. The maximum absolute atomic E-state index is 11.6. The van der Waals surface area contributed by atoms with Gasteiger partial charge >= 0.3 is 5.97 Å². The van der Waals surface area contributed by atoms with Gasteiger partial charge in [-0.3, -0.25) is 0 Å². The second-order valence-electron chi connectivity index (χ2n) is 3.77. The van der Waals surface area contributed by atoms with E-state index in [2.05, 4.69) is 6.58 Å². The minimum atomic E-state index is -0.403. The van der Waals surface area contributed by atoms with Crippen molar-refractivity contribution in [3.8, 4) is 0 Å². The number of hydrogen-bond acceptors (Lipinski definition) is 4. The fourth-order valence-corrected chi connectivity index (χ4v) is 1.39. The van der Waals surface area contributed by atoms with Gasteiger partial charge in [0.2, 0.25) is 0 Å². The molecule has 0 aromatic rings. The highest BCUT2D eigenvalue weighted by Crippen LogP contribution is 2.11. The van der Waals surface area contributed by atoms with Crippen molar-refractivity contribution < 1.29 is 19.0 Å². The first-order chi connectivity index (χ1) is 8.04. The van der Waals surface area contributed by atoms with Crippen LogP contribution < -0.4 is 0 Å². The Bertz CT molecular complexity index is 237. The molecule has 0 spiro atoms. The molecule has 0 N–H and O–H groups in total. The molecule has 5 heteroatoms. The number of esters is 1. The van der Waals surface area contributed by atoms with Crippen molar-refractivity contribution in [3.05, 3.63) is 12.2 Å². The van der Waals surface area contributed by atoms with E-state index in [1.165, 1.54) is 0 Å². The molecule has 0 radical (unpaired) electrons. The molecule has 0 fully saturated rings. The summed E-state index contributed by atoms with van der Waals surface area (Å²) in [6, 6.07) is 0. The zero-order chi connectivity index (χ0) is 13.3. The molecule has 0 rings (SSSR count). The molecule has 0 amide bonds. The summed E-state index contributed by atoms with van der Waals surface area (Å²) < 4.78 is 15.9. The van der Waals surface area contributed by atoms with Crippen LogP contribution in [0.1, 0.15) is 33.6 Å². The van der Waals surface area contributed by atoms with Crippen molar-refractivity contribution >= 4 is 16.2 Å². The maximum Gasteiger partial charge on any atom is 0.333 e. The van der Waals surface area contributed by atoms with E-state index in [1.807, 2.05) is 20.8 Å². The summed E-state index contributed by atoms with van der Waals surface area (Å²) >= 11 is 0. The fraction of sp³-hybridized carbons (Fsp3) is 0.750. The first kappa shape index (κ1) is 16.3. The summed E-state index contributed by atoms with van der Waals surface area (Å²) in [6.45, 7) is 10.6. The van der Waals surface area contributed by atoms with Gasteiger partial charge in [-0.2, -0.15) is 0 Å². The third kappa shape index (κ3) is 7.30. The van der Waals surface area contributed by atoms with E-state index in [0.717, 1.165) is 16.7 Å². The van der Waals surface area contributed by atoms with Crippen molar-refractivity contribution in [3.63, 3.8) is 0 Å². The van der Waals surface area contributed by atoms with Gasteiger partial charge in [0, 0.05) is 25.2 Å². The average molecular weight is 260 g/mol. The van der Waals surface area contributed by atoms with Gasteiger partial charge in [0.05, 0.1) is 16.0 Å². The van der Waals surface area contributed by atoms with Gasteiger partial charge in [-0.15, -0.1) is 0 Å². The Balaban J connectivity index is 4.15. The highest BCUT2D eigenvalue weighted by Gasteiger charge is 2.17. The maximum atomic E-state index is 11.6. The molecule has 1 atom stereocenters. The SMILES string of the molecule is C=C(CC(OCC)OCC)C(=O)OC([SiH3])CC. The van der Waals surface area contributed by atoms with Crippen LogP contribution in [0.5, 0.6) is 0 Å². The predicted molar refractivity (Wildman–Crippen MR) is 70.9 cm³/mol. The van der Waals surface area contributed by atoms with Crippen LogP contribution in [0.25, 0.3) is 0 Å². The molecule has 0 aliphatic carbocycles. The normalized spacial score (nSPS) is 12.7. The zero-order valence-corrected chi connectivity index (χ0v) is 13.3. The molecule has 1 unspecified atom stereocenters. The van der Waals surface area contributed by atoms with Crippen LogP contribution in [-0.2, 0) is 19.0 Å². The van der Waals surface area contributed by atoms with Crippen LogP contribution in [0.2, 0.25) is 0 Å². The second kappa shape index (κ2) is 9.38. The molecule has 0 saturated heterocycles. The molecule has 0 aliphatic rings. The fourth-order valence-electron chi connectivity index (χ4n) is 1.17. The standard InChI is InChI=1S/C12H24O4Si/c1-5-11(17)16-12(13)9(4)8-10(14-6-2)15-7-3/h10-11H,4-8H2,1-3,17H3. The lowest BCUT2D eigenvalue weighted by atomic mass is 10.2. The monoisotopic (exact) mass is 260 g/mol. The predicted octanol–water partition coefficient (Wildman–Crippen LogP) is 0.976. The summed E-state index contributed by atoms with van der Waals surface area (Å²) in [4.78, 5) is 11.6. The number of carbonyl (C=O) groups excluding carboxylic acids is 1. The molecule has 0 aromatic carbocycles. The van der Waals surface area contributed by atoms with Crippen LogP contribution >= 0.6 is 0 Å². The lowest BCUT2D eigenvalue weighted by Crippen LogP contribution is -2.23. The van der Waals surface area contributed by atoms with Gasteiger partial charge in [0.1, 0.15) is 0 Å². The van der Waals surface area contributed by atoms with Gasteiger partial charge in [-0.1, -0.05) is 13.5 Å². The Morgan fingerprint density at radius 3 is 2.18 bits per heavy atom. The van der Waals surface area contributed by atoms with Crippen molar-refractivity contribution in [2.45, 2.75) is 45.6 Å². The molecule has 0 bridgehead atoms. The molecule has 0 aromatic heterocycles. The Kier molecular flexibility index (Phi) is 9.02. The van der Waals surface area contributed by atoms with Gasteiger partial charge in [-0.05, 0) is 20.3 Å². The molecule has 0 aliphatic heterocycles.